The van der Waals surface area contributed by atoms with Gasteiger partial charge in [-0.3, -0.25) is 0 Å². The van der Waals surface area contributed by atoms with Crippen LogP contribution in [0.4, 0.5) is 10.5 Å². The Morgan fingerprint density at radius 1 is 1.12 bits per heavy atom. The molecule has 2 rings (SSSR count). The molecule has 0 aliphatic heterocycles. The predicted molar refractivity (Wildman–Crippen MR) is 94.2 cm³/mol. The highest BCUT2D eigenvalue weighted by Gasteiger charge is 2.12. The van der Waals surface area contributed by atoms with Gasteiger partial charge in [0.1, 0.15) is 0 Å². The molecule has 0 aliphatic rings. The van der Waals surface area contributed by atoms with Gasteiger partial charge in [-0.15, -0.1) is 0 Å². The maximum atomic E-state index is 12.2. The molecule has 0 fully saturated rings. The van der Waals surface area contributed by atoms with Gasteiger partial charge in [-0.2, -0.15) is 0 Å². The van der Waals surface area contributed by atoms with Crippen LogP contribution >= 0.6 is 0 Å². The van der Waals surface area contributed by atoms with Crippen molar-refractivity contribution in [2.45, 2.75) is 25.3 Å². The lowest BCUT2D eigenvalue weighted by Gasteiger charge is -2.19. The lowest BCUT2D eigenvalue weighted by molar-refractivity contribution is 0.220. The molecule has 0 radical (unpaired) electrons. The largest absolute Gasteiger partial charge is 0.323 e. The quantitative estimate of drug-likeness (QED) is 0.890. The first-order valence-electron chi connectivity index (χ1n) is 7.38. The van der Waals surface area contributed by atoms with Gasteiger partial charge in [0, 0.05) is 19.3 Å². The number of sulfonamides is 1. The summed E-state index contributed by atoms with van der Waals surface area (Å²) in [6, 6.07) is 11.5. The molecule has 0 bridgehead atoms. The Labute approximate surface area is 142 Å². The number of primary sulfonamides is 1. The summed E-state index contributed by atoms with van der Waals surface area (Å²) in [6.07, 6.45) is 0. The number of benzene rings is 2. The van der Waals surface area contributed by atoms with Crippen molar-refractivity contribution in [3.05, 3.63) is 59.2 Å². The number of nitrogens with one attached hydrogen (secondary N) is 1. The van der Waals surface area contributed by atoms with Crippen molar-refractivity contribution in [1.29, 1.82) is 0 Å². The second-order valence-corrected chi connectivity index (χ2v) is 7.35. The molecule has 0 atom stereocenters. The first-order chi connectivity index (χ1) is 11.2. The highest BCUT2D eigenvalue weighted by molar-refractivity contribution is 7.89. The van der Waals surface area contributed by atoms with Crippen molar-refractivity contribution in [2.75, 3.05) is 12.4 Å². The minimum absolute atomic E-state index is 0.00383. The molecule has 6 nitrogen and oxygen atoms in total. The van der Waals surface area contributed by atoms with Crippen LogP contribution in [0.1, 0.15) is 16.7 Å². The monoisotopic (exact) mass is 347 g/mol. The molecule has 0 heterocycles. The standard InChI is InChI=1S/C17H21N3O3S/c1-12-4-5-14(13(2)10-12)11-20(3)17(21)19-15-6-8-16(9-7-15)24(18,22)23/h4-10H,11H2,1-3H3,(H,19,21)(H2,18,22,23). The van der Waals surface area contributed by atoms with Crippen LogP contribution in [0.15, 0.2) is 47.4 Å². The van der Waals surface area contributed by atoms with E-state index in [9.17, 15) is 13.2 Å². The molecule has 0 saturated heterocycles. The van der Waals surface area contributed by atoms with E-state index in [1.165, 1.54) is 29.8 Å². The fraction of sp³-hybridized carbons (Fsp3) is 0.235. The van der Waals surface area contributed by atoms with Gasteiger partial charge in [0.2, 0.25) is 10.0 Å². The number of carbonyl (C=O) groups is 1. The zero-order valence-electron chi connectivity index (χ0n) is 13.9. The number of urea groups is 1. The van der Waals surface area contributed by atoms with Crippen molar-refractivity contribution in [3.8, 4) is 0 Å². The fourth-order valence-corrected chi connectivity index (χ4v) is 2.81. The average Bonchev–Trinajstić information content (AvgIpc) is 2.49. The molecule has 2 amide bonds. The first-order valence-corrected chi connectivity index (χ1v) is 8.92. The molecule has 2 aromatic rings. The molecular formula is C17H21N3O3S. The number of carbonyl (C=O) groups excluding carboxylic acids is 1. The molecule has 0 saturated carbocycles. The summed E-state index contributed by atoms with van der Waals surface area (Å²) in [7, 11) is -2.03. The molecule has 3 N–H and O–H groups in total. The summed E-state index contributed by atoms with van der Waals surface area (Å²) in [5.74, 6) is 0. The number of nitrogens with two attached hydrogens (primary N) is 1. The Bertz CT molecular complexity index is 846. The van der Waals surface area contributed by atoms with Crippen LogP contribution in [-0.2, 0) is 16.6 Å². The van der Waals surface area contributed by atoms with Crippen molar-refractivity contribution in [3.63, 3.8) is 0 Å². The smallest absolute Gasteiger partial charge is 0.321 e. The van der Waals surface area contributed by atoms with E-state index in [-0.39, 0.29) is 10.9 Å². The van der Waals surface area contributed by atoms with Crippen LogP contribution in [0.5, 0.6) is 0 Å². The number of amides is 2. The van der Waals surface area contributed by atoms with Gasteiger partial charge >= 0.3 is 6.03 Å². The molecule has 0 aromatic heterocycles. The van der Waals surface area contributed by atoms with E-state index in [2.05, 4.69) is 11.4 Å². The van der Waals surface area contributed by atoms with Crippen molar-refractivity contribution in [2.24, 2.45) is 5.14 Å². The molecule has 0 aliphatic carbocycles. The van der Waals surface area contributed by atoms with E-state index in [1.54, 1.807) is 11.9 Å². The second-order valence-electron chi connectivity index (χ2n) is 5.79. The van der Waals surface area contributed by atoms with Gasteiger partial charge in [0.25, 0.3) is 0 Å². The summed E-state index contributed by atoms with van der Waals surface area (Å²) < 4.78 is 22.4. The normalized spacial score (nSPS) is 11.2. The van der Waals surface area contributed by atoms with Crippen LogP contribution in [-0.4, -0.2) is 26.4 Å². The van der Waals surface area contributed by atoms with E-state index >= 15 is 0 Å². The van der Waals surface area contributed by atoms with Crippen LogP contribution in [0.2, 0.25) is 0 Å². The third-order valence-corrected chi connectivity index (χ3v) is 4.62. The van der Waals surface area contributed by atoms with Crippen molar-refractivity contribution in [1.82, 2.24) is 4.90 Å². The second kappa shape index (κ2) is 7.02. The van der Waals surface area contributed by atoms with Crippen molar-refractivity contribution >= 4 is 21.7 Å². The van der Waals surface area contributed by atoms with Gasteiger partial charge in [0.05, 0.1) is 4.90 Å². The van der Waals surface area contributed by atoms with Gasteiger partial charge in [-0.1, -0.05) is 23.8 Å². The van der Waals surface area contributed by atoms with Gasteiger partial charge in [-0.05, 0) is 49.2 Å². The maximum absolute atomic E-state index is 12.2. The molecule has 2 aromatic carbocycles. The summed E-state index contributed by atoms with van der Waals surface area (Å²) in [5, 5.41) is 7.77. The number of rotatable bonds is 4. The Kier molecular flexibility index (Phi) is 5.26. The third-order valence-electron chi connectivity index (χ3n) is 3.69. The Morgan fingerprint density at radius 2 is 1.75 bits per heavy atom. The van der Waals surface area contributed by atoms with Crippen LogP contribution in [0.3, 0.4) is 0 Å². The SMILES string of the molecule is Cc1ccc(CN(C)C(=O)Nc2ccc(S(N)(=O)=O)cc2)c(C)c1. The Morgan fingerprint density at radius 3 is 2.29 bits per heavy atom. The topological polar surface area (TPSA) is 92.5 Å². The lowest BCUT2D eigenvalue weighted by Crippen LogP contribution is -2.31. The fourth-order valence-electron chi connectivity index (χ4n) is 2.30. The van der Waals surface area contributed by atoms with Crippen LogP contribution in [0.25, 0.3) is 0 Å². The average molecular weight is 347 g/mol. The highest BCUT2D eigenvalue weighted by Crippen LogP contribution is 2.15. The van der Waals surface area contributed by atoms with Crippen LogP contribution < -0.4 is 10.5 Å². The Hall–Kier alpha value is -2.38. The maximum Gasteiger partial charge on any atom is 0.321 e. The third kappa shape index (κ3) is 4.56. The summed E-state index contributed by atoms with van der Waals surface area (Å²) in [5.41, 5.74) is 3.88. The van der Waals surface area contributed by atoms with E-state index in [0.29, 0.717) is 12.2 Å². The number of nitrogens with zero attached hydrogens (tertiary/aromatic N) is 1. The zero-order valence-corrected chi connectivity index (χ0v) is 14.7. The highest BCUT2D eigenvalue weighted by atomic mass is 32.2. The number of hydrogen-bond acceptors (Lipinski definition) is 3. The molecule has 0 unspecified atom stereocenters. The molecule has 128 valence electrons. The summed E-state index contributed by atoms with van der Waals surface area (Å²) >= 11 is 0. The molecule has 0 spiro atoms. The number of hydrogen-bond donors (Lipinski definition) is 2. The predicted octanol–water partition coefficient (Wildman–Crippen LogP) is 2.61. The first kappa shape index (κ1) is 18.0. The van der Waals surface area contributed by atoms with Gasteiger partial charge < -0.3 is 10.2 Å². The lowest BCUT2D eigenvalue weighted by atomic mass is 10.1. The number of anilines is 1. The zero-order chi connectivity index (χ0) is 17.9. The summed E-state index contributed by atoms with van der Waals surface area (Å²) in [6.45, 7) is 4.52. The Balaban J connectivity index is 2.03. The van der Waals surface area contributed by atoms with E-state index < -0.39 is 10.0 Å². The van der Waals surface area contributed by atoms with E-state index in [4.69, 9.17) is 5.14 Å². The molecule has 24 heavy (non-hydrogen) atoms. The van der Waals surface area contributed by atoms with Crippen molar-refractivity contribution < 1.29 is 13.2 Å². The minimum atomic E-state index is -3.74. The van der Waals surface area contributed by atoms with Gasteiger partial charge in [-0.25, -0.2) is 18.4 Å². The minimum Gasteiger partial charge on any atom is -0.323 e. The molecule has 7 heteroatoms. The van der Waals surface area contributed by atoms with Gasteiger partial charge in [0.15, 0.2) is 0 Å². The number of aryl methyl sites for hydroxylation is 2. The van der Waals surface area contributed by atoms with E-state index in [1.807, 2.05) is 26.0 Å². The van der Waals surface area contributed by atoms with E-state index in [0.717, 1.165) is 11.1 Å². The molecular weight excluding hydrogens is 326 g/mol. The summed E-state index contributed by atoms with van der Waals surface area (Å²) in [4.78, 5) is 13.8. The van der Waals surface area contributed by atoms with Crippen LogP contribution in [0, 0.1) is 13.8 Å².